The summed E-state index contributed by atoms with van der Waals surface area (Å²) >= 11 is 0. The van der Waals surface area contributed by atoms with Crippen molar-refractivity contribution in [3.63, 3.8) is 0 Å². The molecule has 0 unspecified atom stereocenters. The number of likely N-dealkylation sites (tertiary alicyclic amines) is 1. The van der Waals surface area contributed by atoms with Crippen LogP contribution in [0.25, 0.3) is 0 Å². The Morgan fingerprint density at radius 3 is 2.45 bits per heavy atom. The van der Waals surface area contributed by atoms with Crippen LogP contribution in [0.4, 0.5) is 14.5 Å². The Labute approximate surface area is 123 Å². The smallest absolute Gasteiger partial charge is 0.335 e. The SMILES string of the molecule is O=C(O)c1cc(C(=O)N2CCCC(F)(F)C2)cc([N+](=O)[O-])c1. The van der Waals surface area contributed by atoms with E-state index in [9.17, 15) is 28.5 Å². The molecule has 0 aliphatic carbocycles. The topological polar surface area (TPSA) is 101 Å². The highest BCUT2D eigenvalue weighted by Crippen LogP contribution is 2.28. The minimum atomic E-state index is -3.01. The van der Waals surface area contributed by atoms with Gasteiger partial charge in [0.1, 0.15) is 0 Å². The lowest BCUT2D eigenvalue weighted by atomic mass is 10.0. The second kappa shape index (κ2) is 5.66. The zero-order chi connectivity index (χ0) is 16.5. The molecule has 1 aliphatic heterocycles. The predicted molar refractivity (Wildman–Crippen MR) is 70.1 cm³/mol. The van der Waals surface area contributed by atoms with E-state index >= 15 is 0 Å². The highest BCUT2D eigenvalue weighted by Gasteiger charge is 2.37. The number of amides is 1. The van der Waals surface area contributed by atoms with Gasteiger partial charge in [-0.1, -0.05) is 0 Å². The van der Waals surface area contributed by atoms with Gasteiger partial charge < -0.3 is 10.0 Å². The van der Waals surface area contributed by atoms with Crippen LogP contribution in [-0.4, -0.2) is 45.8 Å². The summed E-state index contributed by atoms with van der Waals surface area (Å²) in [7, 11) is 0. The van der Waals surface area contributed by atoms with Crippen molar-refractivity contribution in [2.45, 2.75) is 18.8 Å². The average molecular weight is 314 g/mol. The molecular formula is C13H12F2N2O5. The molecule has 1 aromatic carbocycles. The van der Waals surface area contributed by atoms with Crippen LogP contribution in [0.2, 0.25) is 0 Å². The molecule has 1 N–H and O–H groups in total. The standard InChI is InChI=1S/C13H12F2N2O5/c14-13(15)2-1-3-16(7-13)11(18)8-4-9(12(19)20)6-10(5-8)17(21)22/h4-6H,1-3,7H2,(H,19,20). The number of hydrogen-bond acceptors (Lipinski definition) is 4. The normalized spacial score (nSPS) is 17.1. The van der Waals surface area contributed by atoms with E-state index in [1.807, 2.05) is 0 Å². The molecule has 9 heteroatoms. The van der Waals surface area contributed by atoms with Crippen LogP contribution in [0.3, 0.4) is 0 Å². The van der Waals surface area contributed by atoms with E-state index in [-0.39, 0.29) is 24.9 Å². The summed E-state index contributed by atoms with van der Waals surface area (Å²) in [6.07, 6.45) is -0.217. The fraction of sp³-hybridized carbons (Fsp3) is 0.385. The maximum Gasteiger partial charge on any atom is 0.335 e. The summed E-state index contributed by atoms with van der Waals surface area (Å²) < 4.78 is 26.7. The first-order valence-corrected chi connectivity index (χ1v) is 6.39. The van der Waals surface area contributed by atoms with Crippen molar-refractivity contribution in [1.29, 1.82) is 0 Å². The highest BCUT2D eigenvalue weighted by atomic mass is 19.3. The van der Waals surface area contributed by atoms with Gasteiger partial charge in [0.05, 0.1) is 17.0 Å². The minimum Gasteiger partial charge on any atom is -0.478 e. The first kappa shape index (κ1) is 15.8. The molecule has 0 atom stereocenters. The van der Waals surface area contributed by atoms with Crippen molar-refractivity contribution >= 4 is 17.6 Å². The molecule has 1 fully saturated rings. The van der Waals surface area contributed by atoms with Gasteiger partial charge in [-0.2, -0.15) is 0 Å². The van der Waals surface area contributed by atoms with E-state index < -0.39 is 40.5 Å². The van der Waals surface area contributed by atoms with E-state index in [2.05, 4.69) is 0 Å². The third-order valence-corrected chi connectivity index (χ3v) is 3.30. The van der Waals surface area contributed by atoms with Gasteiger partial charge in [-0.05, 0) is 12.5 Å². The number of piperidine rings is 1. The number of halogens is 2. The molecule has 0 aromatic heterocycles. The Kier molecular flexibility index (Phi) is 4.07. The van der Waals surface area contributed by atoms with Gasteiger partial charge in [0, 0.05) is 30.7 Å². The third kappa shape index (κ3) is 3.35. The van der Waals surface area contributed by atoms with Crippen LogP contribution in [0, 0.1) is 10.1 Å². The fourth-order valence-electron chi connectivity index (χ4n) is 2.29. The largest absolute Gasteiger partial charge is 0.478 e. The maximum absolute atomic E-state index is 13.3. The van der Waals surface area contributed by atoms with Gasteiger partial charge in [0.25, 0.3) is 17.5 Å². The van der Waals surface area contributed by atoms with Crippen molar-refractivity contribution in [2.75, 3.05) is 13.1 Å². The number of nitrogens with zero attached hydrogens (tertiary/aromatic N) is 2. The zero-order valence-electron chi connectivity index (χ0n) is 11.3. The molecule has 118 valence electrons. The minimum absolute atomic E-state index is 0.0967. The molecule has 0 saturated carbocycles. The van der Waals surface area contributed by atoms with Crippen molar-refractivity contribution in [2.24, 2.45) is 0 Å². The van der Waals surface area contributed by atoms with Gasteiger partial charge in [0.15, 0.2) is 0 Å². The number of rotatable bonds is 3. The summed E-state index contributed by atoms with van der Waals surface area (Å²) in [4.78, 5) is 34.0. The Balaban J connectivity index is 2.36. The number of aromatic carboxylic acids is 1. The third-order valence-electron chi connectivity index (χ3n) is 3.30. The molecule has 2 rings (SSSR count). The number of carbonyl (C=O) groups is 2. The Morgan fingerprint density at radius 1 is 1.27 bits per heavy atom. The van der Waals surface area contributed by atoms with E-state index in [4.69, 9.17) is 5.11 Å². The number of carbonyl (C=O) groups excluding carboxylic acids is 1. The first-order chi connectivity index (χ1) is 10.2. The number of benzene rings is 1. The van der Waals surface area contributed by atoms with Gasteiger partial charge >= 0.3 is 5.97 Å². The Morgan fingerprint density at radius 2 is 1.91 bits per heavy atom. The second-order valence-electron chi connectivity index (χ2n) is 5.02. The zero-order valence-corrected chi connectivity index (χ0v) is 11.3. The van der Waals surface area contributed by atoms with Gasteiger partial charge in [-0.15, -0.1) is 0 Å². The molecule has 7 nitrogen and oxygen atoms in total. The number of non-ortho nitro benzene ring substituents is 1. The maximum atomic E-state index is 13.3. The van der Waals surface area contributed by atoms with Crippen molar-refractivity contribution in [1.82, 2.24) is 4.90 Å². The van der Waals surface area contributed by atoms with Crippen LogP contribution in [-0.2, 0) is 0 Å². The van der Waals surface area contributed by atoms with Crippen LogP contribution in [0.15, 0.2) is 18.2 Å². The average Bonchev–Trinajstić information content (AvgIpc) is 2.44. The van der Waals surface area contributed by atoms with E-state index in [1.54, 1.807) is 0 Å². The molecule has 22 heavy (non-hydrogen) atoms. The monoisotopic (exact) mass is 314 g/mol. The van der Waals surface area contributed by atoms with Gasteiger partial charge in [-0.25, -0.2) is 13.6 Å². The Bertz CT molecular complexity index is 615. The molecule has 1 amide bonds. The lowest BCUT2D eigenvalue weighted by molar-refractivity contribution is -0.384. The number of nitro benzene ring substituents is 1. The first-order valence-electron chi connectivity index (χ1n) is 6.39. The molecule has 1 aliphatic rings. The summed E-state index contributed by atoms with van der Waals surface area (Å²) in [6, 6.07) is 2.65. The van der Waals surface area contributed by atoms with Crippen molar-refractivity contribution < 1.29 is 28.4 Å². The number of carboxylic acids is 1. The summed E-state index contributed by atoms with van der Waals surface area (Å²) in [5.41, 5.74) is -1.31. The molecule has 1 saturated heterocycles. The van der Waals surface area contributed by atoms with Crippen LogP contribution >= 0.6 is 0 Å². The molecule has 1 heterocycles. The molecule has 0 bridgehead atoms. The summed E-state index contributed by atoms with van der Waals surface area (Å²) in [5.74, 6) is -5.29. The van der Waals surface area contributed by atoms with E-state index in [0.29, 0.717) is 0 Å². The number of alkyl halides is 2. The lowest BCUT2D eigenvalue weighted by Gasteiger charge is -2.32. The summed E-state index contributed by atoms with van der Waals surface area (Å²) in [5, 5.41) is 19.7. The Hall–Kier alpha value is -2.58. The number of nitro groups is 1. The highest BCUT2D eigenvalue weighted by molar-refractivity contribution is 5.98. The molecular weight excluding hydrogens is 302 g/mol. The number of hydrogen-bond donors (Lipinski definition) is 1. The van der Waals surface area contributed by atoms with Crippen LogP contribution in [0.1, 0.15) is 33.6 Å². The van der Waals surface area contributed by atoms with Crippen molar-refractivity contribution in [3.05, 3.63) is 39.4 Å². The summed E-state index contributed by atoms with van der Waals surface area (Å²) in [6.45, 7) is -0.684. The second-order valence-corrected chi connectivity index (χ2v) is 5.02. The fourth-order valence-corrected chi connectivity index (χ4v) is 2.29. The van der Waals surface area contributed by atoms with Crippen molar-refractivity contribution in [3.8, 4) is 0 Å². The van der Waals surface area contributed by atoms with Gasteiger partial charge in [-0.3, -0.25) is 14.9 Å². The van der Waals surface area contributed by atoms with E-state index in [1.165, 1.54) is 0 Å². The molecule has 0 radical (unpaired) electrons. The number of carboxylic acid groups (broad SMARTS) is 1. The lowest BCUT2D eigenvalue weighted by Crippen LogP contribution is -2.45. The molecule has 1 aromatic rings. The van der Waals surface area contributed by atoms with Gasteiger partial charge in [0.2, 0.25) is 0 Å². The molecule has 0 spiro atoms. The predicted octanol–water partition coefficient (Wildman–Crippen LogP) is 2.16. The van der Waals surface area contributed by atoms with Crippen LogP contribution in [0.5, 0.6) is 0 Å². The van der Waals surface area contributed by atoms with E-state index in [0.717, 1.165) is 23.1 Å². The van der Waals surface area contributed by atoms with Crippen LogP contribution < -0.4 is 0 Å². The quantitative estimate of drug-likeness (QED) is 0.680.